The number of nitrogens with two attached hydrogens (primary N) is 1. The lowest BCUT2D eigenvalue weighted by atomic mass is 9.98. The van der Waals surface area contributed by atoms with Gasteiger partial charge in [0, 0.05) is 6.54 Å². The van der Waals surface area contributed by atoms with E-state index in [0.717, 1.165) is 22.3 Å². The van der Waals surface area contributed by atoms with Crippen LogP contribution in [0.3, 0.4) is 0 Å². The SMILES string of the molecule is Cc1ccc(-c2ccc(OC(F)(F)F)c(OCCN)c2)c(C)c1.Cl. The molecule has 0 saturated heterocycles. The molecule has 0 aliphatic carbocycles. The van der Waals surface area contributed by atoms with Gasteiger partial charge in [-0.25, -0.2) is 0 Å². The Hall–Kier alpha value is -1.92. The topological polar surface area (TPSA) is 44.5 Å². The van der Waals surface area contributed by atoms with Crippen molar-refractivity contribution < 1.29 is 22.6 Å². The van der Waals surface area contributed by atoms with Gasteiger partial charge in [-0.1, -0.05) is 29.8 Å². The van der Waals surface area contributed by atoms with Crippen molar-refractivity contribution in [1.29, 1.82) is 0 Å². The number of hydrogen-bond acceptors (Lipinski definition) is 3. The summed E-state index contributed by atoms with van der Waals surface area (Å²) < 4.78 is 46.7. The molecule has 2 rings (SSSR count). The molecule has 7 heteroatoms. The first-order chi connectivity index (χ1) is 10.8. The van der Waals surface area contributed by atoms with Gasteiger partial charge in [-0.3, -0.25) is 0 Å². The molecule has 0 radical (unpaired) electrons. The lowest BCUT2D eigenvalue weighted by molar-refractivity contribution is -0.275. The average Bonchev–Trinajstić information content (AvgIpc) is 2.45. The maximum Gasteiger partial charge on any atom is 0.573 e. The fourth-order valence-electron chi connectivity index (χ4n) is 2.30. The molecule has 0 saturated carbocycles. The molecule has 2 N–H and O–H groups in total. The van der Waals surface area contributed by atoms with Crippen molar-refractivity contribution in [3.8, 4) is 22.6 Å². The fourth-order valence-corrected chi connectivity index (χ4v) is 2.30. The molecular formula is C17H19ClF3NO2. The molecule has 0 amide bonds. The number of aryl methyl sites for hydroxylation is 2. The molecule has 2 aromatic carbocycles. The fraction of sp³-hybridized carbons (Fsp3) is 0.294. The van der Waals surface area contributed by atoms with Crippen LogP contribution in [0.2, 0.25) is 0 Å². The van der Waals surface area contributed by atoms with Gasteiger partial charge in [0.15, 0.2) is 11.5 Å². The van der Waals surface area contributed by atoms with Crippen LogP contribution >= 0.6 is 12.4 Å². The van der Waals surface area contributed by atoms with Crippen LogP contribution in [0.15, 0.2) is 36.4 Å². The smallest absolute Gasteiger partial charge is 0.488 e. The van der Waals surface area contributed by atoms with E-state index in [-0.39, 0.29) is 37.1 Å². The van der Waals surface area contributed by atoms with Gasteiger partial charge in [-0.05, 0) is 42.7 Å². The van der Waals surface area contributed by atoms with Gasteiger partial charge < -0.3 is 15.2 Å². The van der Waals surface area contributed by atoms with Crippen molar-refractivity contribution >= 4 is 12.4 Å². The van der Waals surface area contributed by atoms with Gasteiger partial charge in [-0.15, -0.1) is 25.6 Å². The highest BCUT2D eigenvalue weighted by molar-refractivity contribution is 5.85. The Labute approximate surface area is 145 Å². The second-order valence-electron chi connectivity index (χ2n) is 5.16. The van der Waals surface area contributed by atoms with Gasteiger partial charge in [0.1, 0.15) is 6.61 Å². The summed E-state index contributed by atoms with van der Waals surface area (Å²) in [4.78, 5) is 0. The molecule has 24 heavy (non-hydrogen) atoms. The maximum atomic E-state index is 12.5. The largest absolute Gasteiger partial charge is 0.573 e. The zero-order chi connectivity index (χ0) is 17.0. The first kappa shape index (κ1) is 20.1. The lowest BCUT2D eigenvalue weighted by Crippen LogP contribution is -2.18. The highest BCUT2D eigenvalue weighted by atomic mass is 35.5. The molecule has 0 aromatic heterocycles. The van der Waals surface area contributed by atoms with Crippen molar-refractivity contribution in [2.45, 2.75) is 20.2 Å². The zero-order valence-corrected chi connectivity index (χ0v) is 14.1. The molecule has 0 spiro atoms. The predicted octanol–water partition coefficient (Wildman–Crippen LogP) is 4.63. The van der Waals surface area contributed by atoms with Gasteiger partial charge in [0.25, 0.3) is 0 Å². The number of alkyl halides is 3. The third-order valence-electron chi connectivity index (χ3n) is 3.24. The van der Waals surface area contributed by atoms with Crippen molar-refractivity contribution in [3.05, 3.63) is 47.5 Å². The third-order valence-corrected chi connectivity index (χ3v) is 3.24. The molecule has 0 aliphatic rings. The summed E-state index contributed by atoms with van der Waals surface area (Å²) in [6.45, 7) is 4.22. The van der Waals surface area contributed by atoms with E-state index in [2.05, 4.69) is 4.74 Å². The Morgan fingerprint density at radius 3 is 2.29 bits per heavy atom. The van der Waals surface area contributed by atoms with Crippen LogP contribution in [0.1, 0.15) is 11.1 Å². The second kappa shape index (κ2) is 8.26. The Morgan fingerprint density at radius 1 is 1.00 bits per heavy atom. The first-order valence-electron chi connectivity index (χ1n) is 7.10. The van der Waals surface area contributed by atoms with E-state index >= 15 is 0 Å². The quantitative estimate of drug-likeness (QED) is 0.844. The summed E-state index contributed by atoms with van der Waals surface area (Å²) in [5.74, 6) is -0.357. The maximum absolute atomic E-state index is 12.5. The predicted molar refractivity (Wildman–Crippen MR) is 89.8 cm³/mol. The Morgan fingerprint density at radius 2 is 1.71 bits per heavy atom. The minimum Gasteiger partial charge on any atom is -0.488 e. The van der Waals surface area contributed by atoms with E-state index in [0.29, 0.717) is 0 Å². The van der Waals surface area contributed by atoms with Crippen LogP contribution in [0.5, 0.6) is 11.5 Å². The van der Waals surface area contributed by atoms with Crippen molar-refractivity contribution in [2.24, 2.45) is 5.73 Å². The van der Waals surface area contributed by atoms with E-state index in [4.69, 9.17) is 10.5 Å². The number of rotatable bonds is 5. The standard InChI is InChI=1S/C17H18F3NO2.ClH/c1-11-3-5-14(12(2)9-11)13-4-6-15(23-17(18,19)20)16(10-13)22-8-7-21;/h3-6,9-10H,7-8,21H2,1-2H3;1H. The molecule has 0 aliphatic heterocycles. The monoisotopic (exact) mass is 361 g/mol. The molecule has 3 nitrogen and oxygen atoms in total. The van der Waals surface area contributed by atoms with Crippen LogP contribution in [0.4, 0.5) is 13.2 Å². The highest BCUT2D eigenvalue weighted by Crippen LogP contribution is 2.36. The Bertz CT molecular complexity index is 690. The molecule has 0 heterocycles. The number of hydrogen-bond donors (Lipinski definition) is 1. The van der Waals surface area contributed by atoms with Crippen molar-refractivity contribution in [2.75, 3.05) is 13.2 Å². The van der Waals surface area contributed by atoms with Crippen molar-refractivity contribution in [3.63, 3.8) is 0 Å². The molecular weight excluding hydrogens is 343 g/mol. The molecule has 0 atom stereocenters. The number of ether oxygens (including phenoxy) is 2. The lowest BCUT2D eigenvalue weighted by Gasteiger charge is -2.16. The molecule has 132 valence electrons. The number of benzene rings is 2. The summed E-state index contributed by atoms with van der Waals surface area (Å²) in [5.41, 5.74) is 9.17. The van der Waals surface area contributed by atoms with E-state index in [1.165, 1.54) is 12.1 Å². The zero-order valence-electron chi connectivity index (χ0n) is 13.3. The summed E-state index contributed by atoms with van der Waals surface area (Å²) in [6, 6.07) is 10.3. The minimum atomic E-state index is -4.78. The molecule has 0 fully saturated rings. The summed E-state index contributed by atoms with van der Waals surface area (Å²) in [6.07, 6.45) is -4.78. The molecule has 0 unspecified atom stereocenters. The highest BCUT2D eigenvalue weighted by Gasteiger charge is 2.32. The normalized spacial score (nSPS) is 10.9. The van der Waals surface area contributed by atoms with Gasteiger partial charge >= 0.3 is 6.36 Å². The summed E-state index contributed by atoms with van der Waals surface area (Å²) in [5, 5.41) is 0. The summed E-state index contributed by atoms with van der Waals surface area (Å²) >= 11 is 0. The van der Waals surface area contributed by atoms with Gasteiger partial charge in [-0.2, -0.15) is 0 Å². The second-order valence-corrected chi connectivity index (χ2v) is 5.16. The Kier molecular flexibility index (Phi) is 6.93. The van der Waals surface area contributed by atoms with E-state index in [1.54, 1.807) is 6.07 Å². The number of halogens is 4. The van der Waals surface area contributed by atoms with E-state index in [9.17, 15) is 13.2 Å². The molecule has 2 aromatic rings. The average molecular weight is 362 g/mol. The van der Waals surface area contributed by atoms with Crippen LogP contribution in [0, 0.1) is 13.8 Å². The van der Waals surface area contributed by atoms with Crippen LogP contribution in [-0.2, 0) is 0 Å². The third kappa shape index (κ3) is 5.32. The van der Waals surface area contributed by atoms with Crippen LogP contribution in [0.25, 0.3) is 11.1 Å². The van der Waals surface area contributed by atoms with E-state index in [1.807, 2.05) is 32.0 Å². The van der Waals surface area contributed by atoms with Gasteiger partial charge in [0.2, 0.25) is 0 Å². The summed E-state index contributed by atoms with van der Waals surface area (Å²) in [7, 11) is 0. The van der Waals surface area contributed by atoms with E-state index < -0.39 is 6.36 Å². The van der Waals surface area contributed by atoms with Gasteiger partial charge in [0.05, 0.1) is 0 Å². The Balaban J connectivity index is 0.00000288. The minimum absolute atomic E-state index is 0. The van der Waals surface area contributed by atoms with Crippen LogP contribution in [-0.4, -0.2) is 19.5 Å². The first-order valence-corrected chi connectivity index (χ1v) is 7.10. The van der Waals surface area contributed by atoms with Crippen molar-refractivity contribution in [1.82, 2.24) is 0 Å². The molecule has 0 bridgehead atoms. The van der Waals surface area contributed by atoms with Crippen LogP contribution < -0.4 is 15.2 Å².